The Morgan fingerprint density at radius 3 is 2.69 bits per heavy atom. The van der Waals surface area contributed by atoms with Gasteiger partial charge in [0.25, 0.3) is 0 Å². The Morgan fingerprint density at radius 1 is 1.44 bits per heavy atom. The summed E-state index contributed by atoms with van der Waals surface area (Å²) in [6.45, 7) is 5.13. The van der Waals surface area contributed by atoms with E-state index in [2.05, 4.69) is 39.8 Å². The van der Waals surface area contributed by atoms with E-state index in [9.17, 15) is 4.79 Å². The van der Waals surface area contributed by atoms with Gasteiger partial charge >= 0.3 is 5.97 Å². The van der Waals surface area contributed by atoms with E-state index in [1.807, 2.05) is 6.07 Å². The van der Waals surface area contributed by atoms with Crippen LogP contribution in [0, 0.1) is 5.92 Å². The van der Waals surface area contributed by atoms with Crippen molar-refractivity contribution in [2.45, 2.75) is 13.8 Å². The second-order valence-electron chi connectivity index (χ2n) is 3.99. The first-order valence-corrected chi connectivity index (χ1v) is 5.95. The van der Waals surface area contributed by atoms with Crippen molar-refractivity contribution in [1.29, 1.82) is 0 Å². The van der Waals surface area contributed by atoms with Crippen LogP contribution in [0.3, 0.4) is 0 Å². The molecule has 0 spiro atoms. The van der Waals surface area contributed by atoms with E-state index >= 15 is 0 Å². The lowest BCUT2D eigenvalue weighted by atomic mass is 10.2. The average molecular weight is 286 g/mol. The van der Waals surface area contributed by atoms with E-state index in [1.54, 1.807) is 12.1 Å². The van der Waals surface area contributed by atoms with E-state index < -0.39 is 0 Å². The second-order valence-corrected chi connectivity index (χ2v) is 4.91. The minimum atomic E-state index is -0.325. The topological polar surface area (TPSA) is 38.3 Å². The van der Waals surface area contributed by atoms with Gasteiger partial charge in [-0.2, -0.15) is 0 Å². The highest BCUT2D eigenvalue weighted by molar-refractivity contribution is 9.10. The molecule has 88 valence electrons. The maximum atomic E-state index is 11.4. The van der Waals surface area contributed by atoms with Crippen LogP contribution < -0.4 is 5.32 Å². The summed E-state index contributed by atoms with van der Waals surface area (Å²) in [5.41, 5.74) is 1.46. The molecular formula is C12H16BrNO2. The molecule has 0 radical (unpaired) electrons. The molecule has 0 aromatic heterocycles. The number of nitrogens with one attached hydrogen (secondary N) is 1. The molecule has 0 unspecified atom stereocenters. The van der Waals surface area contributed by atoms with Crippen LogP contribution >= 0.6 is 15.9 Å². The molecule has 0 saturated carbocycles. The van der Waals surface area contributed by atoms with Gasteiger partial charge in [-0.1, -0.05) is 29.8 Å². The summed E-state index contributed by atoms with van der Waals surface area (Å²) in [5, 5.41) is 3.27. The molecule has 0 heterocycles. The molecule has 1 aromatic rings. The number of ether oxygens (including phenoxy) is 1. The number of methoxy groups -OCH3 is 1. The molecule has 0 amide bonds. The summed E-state index contributed by atoms with van der Waals surface area (Å²) < 4.78 is 5.55. The third-order valence-electron chi connectivity index (χ3n) is 2.03. The Bertz CT molecular complexity index is 377. The van der Waals surface area contributed by atoms with E-state index in [-0.39, 0.29) is 5.97 Å². The number of benzene rings is 1. The van der Waals surface area contributed by atoms with Gasteiger partial charge in [-0.15, -0.1) is 0 Å². The van der Waals surface area contributed by atoms with Gasteiger partial charge in [0.2, 0.25) is 0 Å². The van der Waals surface area contributed by atoms with Crippen molar-refractivity contribution >= 4 is 27.6 Å². The van der Waals surface area contributed by atoms with Crippen LogP contribution in [0.4, 0.5) is 5.69 Å². The summed E-state index contributed by atoms with van der Waals surface area (Å²) in [6, 6.07) is 5.47. The Labute approximate surface area is 104 Å². The predicted molar refractivity (Wildman–Crippen MR) is 68.8 cm³/mol. The third kappa shape index (κ3) is 3.85. The maximum absolute atomic E-state index is 11.4. The van der Waals surface area contributed by atoms with Crippen molar-refractivity contribution in [3.63, 3.8) is 0 Å². The molecule has 4 heteroatoms. The van der Waals surface area contributed by atoms with Crippen molar-refractivity contribution in [1.82, 2.24) is 0 Å². The zero-order valence-corrected chi connectivity index (χ0v) is 11.3. The molecule has 1 N–H and O–H groups in total. The van der Waals surface area contributed by atoms with Gasteiger partial charge in [-0.25, -0.2) is 4.79 Å². The standard InChI is InChI=1S/C12H16BrNO2/c1-8(2)7-14-11-5-9(12(15)16-3)4-10(13)6-11/h4-6,8,14H,7H2,1-3H3. The normalized spacial score (nSPS) is 10.3. The fourth-order valence-corrected chi connectivity index (χ4v) is 1.74. The van der Waals surface area contributed by atoms with Gasteiger partial charge in [0.05, 0.1) is 12.7 Å². The summed E-state index contributed by atoms with van der Waals surface area (Å²) in [7, 11) is 1.38. The number of hydrogen-bond donors (Lipinski definition) is 1. The molecular weight excluding hydrogens is 270 g/mol. The van der Waals surface area contributed by atoms with Crippen LogP contribution in [-0.4, -0.2) is 19.6 Å². The largest absolute Gasteiger partial charge is 0.465 e. The Kier molecular flexibility index (Phi) is 4.80. The number of esters is 1. The zero-order valence-electron chi connectivity index (χ0n) is 9.71. The maximum Gasteiger partial charge on any atom is 0.337 e. The first-order chi connectivity index (χ1) is 7.52. The predicted octanol–water partition coefficient (Wildman–Crippen LogP) is 3.30. The number of carbonyl (C=O) groups is 1. The average Bonchev–Trinajstić information content (AvgIpc) is 2.24. The number of anilines is 1. The molecule has 0 aliphatic carbocycles. The number of hydrogen-bond acceptors (Lipinski definition) is 3. The lowest BCUT2D eigenvalue weighted by Gasteiger charge is -2.10. The highest BCUT2D eigenvalue weighted by Gasteiger charge is 2.07. The monoisotopic (exact) mass is 285 g/mol. The zero-order chi connectivity index (χ0) is 12.1. The van der Waals surface area contributed by atoms with Crippen LogP contribution in [0.2, 0.25) is 0 Å². The van der Waals surface area contributed by atoms with E-state index in [4.69, 9.17) is 0 Å². The van der Waals surface area contributed by atoms with Crippen LogP contribution in [-0.2, 0) is 4.74 Å². The molecule has 3 nitrogen and oxygen atoms in total. The van der Waals surface area contributed by atoms with E-state index in [0.29, 0.717) is 11.5 Å². The van der Waals surface area contributed by atoms with Crippen molar-refractivity contribution in [2.24, 2.45) is 5.92 Å². The molecule has 0 fully saturated rings. The molecule has 0 aliphatic rings. The molecule has 1 rings (SSSR count). The minimum absolute atomic E-state index is 0.325. The van der Waals surface area contributed by atoms with Gasteiger partial charge < -0.3 is 10.1 Å². The van der Waals surface area contributed by atoms with Crippen LogP contribution in [0.1, 0.15) is 24.2 Å². The SMILES string of the molecule is COC(=O)c1cc(Br)cc(NCC(C)C)c1. The van der Waals surface area contributed by atoms with Crippen molar-refractivity contribution in [3.05, 3.63) is 28.2 Å². The summed E-state index contributed by atoms with van der Waals surface area (Å²) in [4.78, 5) is 11.4. The number of carbonyl (C=O) groups excluding carboxylic acids is 1. The Balaban J connectivity index is 2.85. The lowest BCUT2D eigenvalue weighted by molar-refractivity contribution is 0.0600. The van der Waals surface area contributed by atoms with E-state index in [1.165, 1.54) is 7.11 Å². The quantitative estimate of drug-likeness (QED) is 0.863. The Morgan fingerprint density at radius 2 is 2.12 bits per heavy atom. The van der Waals surface area contributed by atoms with Crippen molar-refractivity contribution in [2.75, 3.05) is 19.0 Å². The smallest absolute Gasteiger partial charge is 0.337 e. The van der Waals surface area contributed by atoms with Gasteiger partial charge in [-0.3, -0.25) is 0 Å². The number of rotatable bonds is 4. The van der Waals surface area contributed by atoms with Crippen LogP contribution in [0.25, 0.3) is 0 Å². The fraction of sp³-hybridized carbons (Fsp3) is 0.417. The van der Waals surface area contributed by atoms with Gasteiger partial charge in [0.1, 0.15) is 0 Å². The van der Waals surface area contributed by atoms with Crippen LogP contribution in [0.15, 0.2) is 22.7 Å². The molecule has 0 bridgehead atoms. The molecule has 1 aromatic carbocycles. The number of halogens is 1. The molecule has 0 saturated heterocycles. The Hall–Kier alpha value is -1.03. The first-order valence-electron chi connectivity index (χ1n) is 5.15. The summed E-state index contributed by atoms with van der Waals surface area (Å²) >= 11 is 3.37. The van der Waals surface area contributed by atoms with E-state index in [0.717, 1.165) is 16.7 Å². The van der Waals surface area contributed by atoms with Gasteiger partial charge in [0.15, 0.2) is 0 Å². The van der Waals surface area contributed by atoms with Crippen molar-refractivity contribution in [3.8, 4) is 0 Å². The molecule has 0 atom stereocenters. The highest BCUT2D eigenvalue weighted by atomic mass is 79.9. The fourth-order valence-electron chi connectivity index (χ4n) is 1.25. The minimum Gasteiger partial charge on any atom is -0.465 e. The molecule has 0 aliphatic heterocycles. The van der Waals surface area contributed by atoms with Crippen molar-refractivity contribution < 1.29 is 9.53 Å². The molecule has 16 heavy (non-hydrogen) atoms. The highest BCUT2D eigenvalue weighted by Crippen LogP contribution is 2.20. The van der Waals surface area contributed by atoms with Gasteiger partial charge in [0, 0.05) is 16.7 Å². The van der Waals surface area contributed by atoms with Gasteiger partial charge in [-0.05, 0) is 24.1 Å². The first kappa shape index (κ1) is 13.0. The summed E-state index contributed by atoms with van der Waals surface area (Å²) in [6.07, 6.45) is 0. The summed E-state index contributed by atoms with van der Waals surface area (Å²) in [5.74, 6) is 0.231. The third-order valence-corrected chi connectivity index (χ3v) is 2.49. The lowest BCUT2D eigenvalue weighted by Crippen LogP contribution is -2.09. The van der Waals surface area contributed by atoms with Crippen LogP contribution in [0.5, 0.6) is 0 Å². The second kappa shape index (κ2) is 5.89.